The Morgan fingerprint density at radius 3 is 2.64 bits per heavy atom. The Hall–Kier alpha value is -1.08. The number of sulfone groups is 1. The normalized spacial score (nSPS) is 19.3. The highest BCUT2D eigenvalue weighted by Crippen LogP contribution is 2.26. The zero-order valence-corrected chi connectivity index (χ0v) is 15.3. The number of carbonyl (C=O) groups excluding carboxylic acids is 1. The summed E-state index contributed by atoms with van der Waals surface area (Å²) in [6.45, 7) is 5.93. The van der Waals surface area contributed by atoms with Gasteiger partial charge < -0.3 is 9.64 Å². The van der Waals surface area contributed by atoms with E-state index in [1.807, 2.05) is 0 Å². The first-order chi connectivity index (χ1) is 10.1. The van der Waals surface area contributed by atoms with Crippen LogP contribution < -0.4 is 0 Å². The summed E-state index contributed by atoms with van der Waals surface area (Å²) in [6.07, 6.45) is -0.0342. The number of ether oxygens (including phenoxy) is 1. The number of rotatable bonds is 2. The van der Waals surface area contributed by atoms with Crippen molar-refractivity contribution in [2.45, 2.75) is 42.9 Å². The Labute approximate surface area is 139 Å². The van der Waals surface area contributed by atoms with Crippen LogP contribution in [0.5, 0.6) is 0 Å². The predicted octanol–water partition coefficient (Wildman–Crippen LogP) is 3.23. The first-order valence-corrected chi connectivity index (χ1v) is 9.41. The molecule has 1 aliphatic heterocycles. The lowest BCUT2D eigenvalue weighted by atomic mass is 10.2. The van der Waals surface area contributed by atoms with E-state index in [-0.39, 0.29) is 11.4 Å². The summed E-state index contributed by atoms with van der Waals surface area (Å²) in [7, 11) is -3.45. The maximum Gasteiger partial charge on any atom is 0.410 e. The highest BCUT2D eigenvalue weighted by molar-refractivity contribution is 9.10. The molecule has 1 aliphatic rings. The van der Waals surface area contributed by atoms with Gasteiger partial charge in [0.25, 0.3) is 0 Å². The molecule has 1 atom stereocenters. The van der Waals surface area contributed by atoms with Crippen LogP contribution in [-0.4, -0.2) is 43.4 Å². The van der Waals surface area contributed by atoms with Crippen LogP contribution in [0, 0.1) is 0 Å². The number of carbonyl (C=O) groups is 1. The zero-order valence-electron chi connectivity index (χ0n) is 12.9. The number of benzene rings is 1. The fraction of sp³-hybridized carbons (Fsp3) is 0.533. The van der Waals surface area contributed by atoms with Gasteiger partial charge >= 0.3 is 6.09 Å². The lowest BCUT2D eigenvalue weighted by Gasteiger charge is -2.24. The zero-order chi connectivity index (χ0) is 16.5. The molecule has 0 aliphatic carbocycles. The van der Waals surface area contributed by atoms with Crippen LogP contribution in [-0.2, 0) is 14.6 Å². The minimum atomic E-state index is -3.45. The number of nitrogens with zero attached hydrogens (tertiary/aromatic N) is 1. The molecule has 0 saturated carbocycles. The summed E-state index contributed by atoms with van der Waals surface area (Å²) < 4.78 is 31.3. The number of likely N-dealkylation sites (tertiary alicyclic amines) is 1. The Bertz CT molecular complexity index is 666. The van der Waals surface area contributed by atoms with Crippen molar-refractivity contribution in [2.75, 3.05) is 13.1 Å². The lowest BCUT2D eigenvalue weighted by molar-refractivity contribution is 0.0295. The standard InChI is InChI=1S/C15H20BrNO4S/c1-15(2,3)21-14(18)17-8-7-13(10-17)22(19,20)12-6-4-5-11(16)9-12/h4-6,9,13H,7-8,10H2,1-3H3. The van der Waals surface area contributed by atoms with E-state index in [9.17, 15) is 13.2 Å². The van der Waals surface area contributed by atoms with Crippen molar-refractivity contribution < 1.29 is 17.9 Å². The molecular formula is C15H20BrNO4S. The first-order valence-electron chi connectivity index (χ1n) is 7.07. The molecular weight excluding hydrogens is 370 g/mol. The number of halogens is 1. The second kappa shape index (κ2) is 6.20. The summed E-state index contributed by atoms with van der Waals surface area (Å²) in [6, 6.07) is 6.64. The summed E-state index contributed by atoms with van der Waals surface area (Å²) in [5.74, 6) is 0. The lowest BCUT2D eigenvalue weighted by Crippen LogP contribution is -2.36. The minimum absolute atomic E-state index is 0.170. The van der Waals surface area contributed by atoms with Crippen LogP contribution in [0.15, 0.2) is 33.6 Å². The quantitative estimate of drug-likeness (QED) is 0.778. The molecule has 0 N–H and O–H groups in total. The Balaban J connectivity index is 2.11. The molecule has 2 rings (SSSR count). The third-order valence-electron chi connectivity index (χ3n) is 3.36. The maximum atomic E-state index is 12.6. The Kier molecular flexibility index (Phi) is 4.87. The molecule has 1 fully saturated rings. The van der Waals surface area contributed by atoms with E-state index in [1.165, 1.54) is 4.90 Å². The van der Waals surface area contributed by atoms with Crippen molar-refractivity contribution in [3.05, 3.63) is 28.7 Å². The van der Waals surface area contributed by atoms with Crippen molar-refractivity contribution in [1.29, 1.82) is 0 Å². The molecule has 1 aromatic rings. The molecule has 5 nitrogen and oxygen atoms in total. The van der Waals surface area contributed by atoms with Gasteiger partial charge in [0.05, 0.1) is 10.1 Å². The molecule has 0 aromatic heterocycles. The summed E-state index contributed by atoms with van der Waals surface area (Å²) >= 11 is 3.28. The SMILES string of the molecule is CC(C)(C)OC(=O)N1CCC(S(=O)(=O)c2cccc(Br)c2)C1. The van der Waals surface area contributed by atoms with Crippen molar-refractivity contribution in [1.82, 2.24) is 4.90 Å². The van der Waals surface area contributed by atoms with Crippen LogP contribution in [0.3, 0.4) is 0 Å². The maximum absolute atomic E-state index is 12.6. The summed E-state index contributed by atoms with van der Waals surface area (Å²) in [5, 5.41) is -0.589. The monoisotopic (exact) mass is 389 g/mol. The smallest absolute Gasteiger partial charge is 0.410 e. The van der Waals surface area contributed by atoms with Crippen molar-refractivity contribution in [3.63, 3.8) is 0 Å². The molecule has 1 aromatic carbocycles. The van der Waals surface area contributed by atoms with Crippen LogP contribution in [0.1, 0.15) is 27.2 Å². The molecule has 22 heavy (non-hydrogen) atoms. The topological polar surface area (TPSA) is 63.7 Å². The van der Waals surface area contributed by atoms with Crippen LogP contribution >= 0.6 is 15.9 Å². The summed E-state index contributed by atoms with van der Waals surface area (Å²) in [5.41, 5.74) is -0.585. The molecule has 7 heteroatoms. The van der Waals surface area contributed by atoms with Crippen molar-refractivity contribution in [3.8, 4) is 0 Å². The Morgan fingerprint density at radius 2 is 2.05 bits per heavy atom. The highest BCUT2D eigenvalue weighted by atomic mass is 79.9. The third kappa shape index (κ3) is 4.01. The van der Waals surface area contributed by atoms with E-state index in [4.69, 9.17) is 4.74 Å². The van der Waals surface area contributed by atoms with E-state index in [0.29, 0.717) is 13.0 Å². The average molecular weight is 390 g/mol. The van der Waals surface area contributed by atoms with Gasteiger partial charge in [0.2, 0.25) is 0 Å². The molecule has 1 heterocycles. The average Bonchev–Trinajstić information content (AvgIpc) is 2.87. The van der Waals surface area contributed by atoms with Crippen molar-refractivity contribution >= 4 is 31.9 Å². The van der Waals surface area contributed by atoms with Gasteiger partial charge in [-0.15, -0.1) is 0 Å². The fourth-order valence-corrected chi connectivity index (χ4v) is 4.60. The van der Waals surface area contributed by atoms with Crippen LogP contribution in [0.4, 0.5) is 4.79 Å². The van der Waals surface area contributed by atoms with E-state index >= 15 is 0 Å². The van der Waals surface area contributed by atoms with Gasteiger partial charge in [0.15, 0.2) is 9.84 Å². The predicted molar refractivity (Wildman–Crippen MR) is 87.5 cm³/mol. The molecule has 0 radical (unpaired) electrons. The summed E-state index contributed by atoms with van der Waals surface area (Å²) in [4.78, 5) is 13.8. The van der Waals surface area contributed by atoms with E-state index in [2.05, 4.69) is 15.9 Å². The van der Waals surface area contributed by atoms with Gasteiger partial charge in [-0.2, -0.15) is 0 Å². The molecule has 1 amide bonds. The van der Waals surface area contributed by atoms with E-state index in [0.717, 1.165) is 4.47 Å². The van der Waals surface area contributed by atoms with E-state index in [1.54, 1.807) is 45.0 Å². The Morgan fingerprint density at radius 1 is 1.36 bits per heavy atom. The first kappa shape index (κ1) is 17.3. The number of hydrogen-bond acceptors (Lipinski definition) is 4. The molecule has 0 bridgehead atoms. The molecule has 122 valence electrons. The largest absolute Gasteiger partial charge is 0.444 e. The van der Waals surface area contributed by atoms with Crippen LogP contribution in [0.2, 0.25) is 0 Å². The van der Waals surface area contributed by atoms with Gasteiger partial charge in [0.1, 0.15) is 5.60 Å². The third-order valence-corrected chi connectivity index (χ3v) is 6.03. The second-order valence-electron chi connectivity index (χ2n) is 6.34. The molecule has 1 saturated heterocycles. The molecule has 0 spiro atoms. The van der Waals surface area contributed by atoms with Gasteiger partial charge in [-0.05, 0) is 45.4 Å². The van der Waals surface area contributed by atoms with Gasteiger partial charge in [0, 0.05) is 17.6 Å². The van der Waals surface area contributed by atoms with Crippen molar-refractivity contribution in [2.24, 2.45) is 0 Å². The number of amides is 1. The van der Waals surface area contributed by atoms with E-state index < -0.39 is 26.8 Å². The fourth-order valence-electron chi connectivity index (χ4n) is 2.31. The van der Waals surface area contributed by atoms with Gasteiger partial charge in [-0.3, -0.25) is 0 Å². The minimum Gasteiger partial charge on any atom is -0.444 e. The highest BCUT2D eigenvalue weighted by Gasteiger charge is 2.37. The molecule has 1 unspecified atom stereocenters. The van der Waals surface area contributed by atoms with Gasteiger partial charge in [-0.1, -0.05) is 22.0 Å². The second-order valence-corrected chi connectivity index (χ2v) is 9.48. The van der Waals surface area contributed by atoms with Crippen LogP contribution in [0.25, 0.3) is 0 Å². The number of hydrogen-bond donors (Lipinski definition) is 0. The van der Waals surface area contributed by atoms with Gasteiger partial charge in [-0.25, -0.2) is 13.2 Å².